The maximum Gasteiger partial charge on any atom is 0.416 e. The van der Waals surface area contributed by atoms with Gasteiger partial charge in [0.1, 0.15) is 6.61 Å². The SMILES string of the molecule is N#CCc1cn2cccc(OCc3cccc(C(F)(F)F)c3)c2n1. The molecule has 0 fully saturated rings. The second-order valence-electron chi connectivity index (χ2n) is 5.16. The zero-order valence-corrected chi connectivity index (χ0v) is 12.4. The lowest BCUT2D eigenvalue weighted by Gasteiger charge is -2.10. The average molecular weight is 331 g/mol. The number of hydrogen-bond acceptors (Lipinski definition) is 3. The van der Waals surface area contributed by atoms with Crippen molar-refractivity contribution in [2.75, 3.05) is 0 Å². The molecule has 0 radical (unpaired) electrons. The van der Waals surface area contributed by atoms with Crippen LogP contribution in [0.3, 0.4) is 0 Å². The van der Waals surface area contributed by atoms with Gasteiger partial charge in [-0.1, -0.05) is 12.1 Å². The third-order valence-corrected chi connectivity index (χ3v) is 3.41. The molecule has 122 valence electrons. The summed E-state index contributed by atoms with van der Waals surface area (Å²) >= 11 is 0. The van der Waals surface area contributed by atoms with Crippen LogP contribution in [0.4, 0.5) is 13.2 Å². The molecule has 0 unspecified atom stereocenters. The van der Waals surface area contributed by atoms with Crippen LogP contribution in [0.2, 0.25) is 0 Å². The number of aromatic nitrogens is 2. The zero-order chi connectivity index (χ0) is 17.2. The van der Waals surface area contributed by atoms with Gasteiger partial charge in [0.25, 0.3) is 0 Å². The minimum atomic E-state index is -4.38. The van der Waals surface area contributed by atoms with Crippen LogP contribution >= 0.6 is 0 Å². The normalized spacial score (nSPS) is 11.4. The van der Waals surface area contributed by atoms with Crippen LogP contribution < -0.4 is 4.74 Å². The summed E-state index contributed by atoms with van der Waals surface area (Å²) in [6, 6.07) is 10.5. The summed E-state index contributed by atoms with van der Waals surface area (Å²) in [5.74, 6) is 0.444. The van der Waals surface area contributed by atoms with E-state index in [0.717, 1.165) is 12.1 Å². The highest BCUT2D eigenvalue weighted by molar-refractivity contribution is 5.54. The van der Waals surface area contributed by atoms with Crippen LogP contribution in [-0.4, -0.2) is 9.38 Å². The van der Waals surface area contributed by atoms with Gasteiger partial charge in [0.2, 0.25) is 0 Å². The van der Waals surface area contributed by atoms with Crippen LogP contribution in [0.5, 0.6) is 5.75 Å². The van der Waals surface area contributed by atoms with E-state index in [-0.39, 0.29) is 13.0 Å². The predicted molar refractivity (Wildman–Crippen MR) is 80.3 cm³/mol. The summed E-state index contributed by atoms with van der Waals surface area (Å²) in [6.45, 7) is -0.00988. The summed E-state index contributed by atoms with van der Waals surface area (Å²) in [5, 5.41) is 8.74. The van der Waals surface area contributed by atoms with E-state index in [4.69, 9.17) is 10.00 Å². The highest BCUT2D eigenvalue weighted by Crippen LogP contribution is 2.30. The topological polar surface area (TPSA) is 50.3 Å². The van der Waals surface area contributed by atoms with Crippen LogP contribution in [0, 0.1) is 11.3 Å². The first-order valence-electron chi connectivity index (χ1n) is 7.10. The van der Waals surface area contributed by atoms with E-state index in [9.17, 15) is 13.2 Å². The number of benzene rings is 1. The Hall–Kier alpha value is -3.01. The minimum Gasteiger partial charge on any atom is -0.485 e. The first-order chi connectivity index (χ1) is 11.5. The Bertz CT molecular complexity index is 909. The number of nitriles is 1. The standard InChI is InChI=1S/C17H12F3N3O/c18-17(19,20)13-4-1-3-12(9-13)11-24-15-5-2-8-23-10-14(6-7-21)22-16(15)23/h1-5,8-10H,6,11H2. The number of hydrogen-bond donors (Lipinski definition) is 0. The zero-order valence-electron chi connectivity index (χ0n) is 12.4. The third kappa shape index (κ3) is 3.33. The quantitative estimate of drug-likeness (QED) is 0.726. The van der Waals surface area contributed by atoms with Crippen molar-refractivity contribution >= 4 is 5.65 Å². The molecule has 0 amide bonds. The Labute approximate surface area is 135 Å². The van der Waals surface area contributed by atoms with Gasteiger partial charge < -0.3 is 9.14 Å². The van der Waals surface area contributed by atoms with Crippen LogP contribution in [-0.2, 0) is 19.2 Å². The first kappa shape index (κ1) is 15.9. The highest BCUT2D eigenvalue weighted by atomic mass is 19.4. The number of halogens is 3. The number of pyridine rings is 1. The molecule has 0 saturated carbocycles. The second kappa shape index (κ2) is 6.24. The largest absolute Gasteiger partial charge is 0.485 e. The highest BCUT2D eigenvalue weighted by Gasteiger charge is 2.30. The van der Waals surface area contributed by atoms with Gasteiger partial charge in [0.05, 0.1) is 23.7 Å². The smallest absolute Gasteiger partial charge is 0.416 e. The van der Waals surface area contributed by atoms with Crippen LogP contribution in [0.15, 0.2) is 48.8 Å². The summed E-state index contributed by atoms with van der Waals surface area (Å²) < 4.78 is 45.5. The van der Waals surface area contributed by atoms with E-state index in [1.54, 1.807) is 35.0 Å². The molecule has 0 N–H and O–H groups in total. The molecule has 0 bridgehead atoms. The van der Waals surface area contributed by atoms with E-state index in [1.165, 1.54) is 6.07 Å². The van der Waals surface area contributed by atoms with Crippen molar-refractivity contribution < 1.29 is 17.9 Å². The van der Waals surface area contributed by atoms with E-state index in [1.807, 2.05) is 6.07 Å². The van der Waals surface area contributed by atoms with Gasteiger partial charge in [-0.2, -0.15) is 18.4 Å². The van der Waals surface area contributed by atoms with Crippen molar-refractivity contribution in [2.24, 2.45) is 0 Å². The molecule has 2 heterocycles. The van der Waals surface area contributed by atoms with Gasteiger partial charge in [-0.25, -0.2) is 4.98 Å². The number of nitrogens with zero attached hydrogens (tertiary/aromatic N) is 3. The Kier molecular flexibility index (Phi) is 4.13. The van der Waals surface area contributed by atoms with E-state index >= 15 is 0 Å². The Morgan fingerprint density at radius 1 is 1.21 bits per heavy atom. The second-order valence-corrected chi connectivity index (χ2v) is 5.16. The van der Waals surface area contributed by atoms with Crippen LogP contribution in [0.1, 0.15) is 16.8 Å². The lowest BCUT2D eigenvalue weighted by atomic mass is 10.1. The molecule has 3 rings (SSSR count). The summed E-state index contributed by atoms with van der Waals surface area (Å²) in [5.41, 5.74) is 0.830. The van der Waals surface area contributed by atoms with Crippen molar-refractivity contribution in [1.82, 2.24) is 9.38 Å². The van der Waals surface area contributed by atoms with Crippen LogP contribution in [0.25, 0.3) is 5.65 Å². The van der Waals surface area contributed by atoms with E-state index in [2.05, 4.69) is 4.98 Å². The molecule has 0 aliphatic carbocycles. The monoisotopic (exact) mass is 331 g/mol. The van der Waals surface area contributed by atoms with Crippen molar-refractivity contribution in [2.45, 2.75) is 19.2 Å². The molecule has 4 nitrogen and oxygen atoms in total. The molecule has 7 heteroatoms. The molecular formula is C17H12F3N3O. The lowest BCUT2D eigenvalue weighted by Crippen LogP contribution is -2.06. The van der Waals surface area contributed by atoms with Crippen molar-refractivity contribution in [3.8, 4) is 11.8 Å². The molecule has 0 saturated heterocycles. The predicted octanol–water partition coefficient (Wildman–Crippen LogP) is 4.00. The molecule has 2 aromatic heterocycles. The molecule has 0 aliphatic heterocycles. The fraction of sp³-hybridized carbons (Fsp3) is 0.176. The summed E-state index contributed by atoms with van der Waals surface area (Å²) in [6.07, 6.45) is -0.726. The average Bonchev–Trinajstić information content (AvgIpc) is 2.96. The number of fused-ring (bicyclic) bond motifs is 1. The fourth-order valence-electron chi connectivity index (χ4n) is 2.32. The number of ether oxygens (including phenoxy) is 1. The van der Waals surface area contributed by atoms with Gasteiger partial charge in [-0.05, 0) is 29.8 Å². The fourth-order valence-corrected chi connectivity index (χ4v) is 2.32. The summed E-state index contributed by atoms with van der Waals surface area (Å²) in [7, 11) is 0. The number of alkyl halides is 3. The molecule has 0 atom stereocenters. The molecule has 1 aromatic carbocycles. The van der Waals surface area contributed by atoms with Gasteiger partial charge in [-0.15, -0.1) is 0 Å². The van der Waals surface area contributed by atoms with Crippen molar-refractivity contribution in [1.29, 1.82) is 5.26 Å². The molecule has 0 spiro atoms. The van der Waals surface area contributed by atoms with Gasteiger partial charge in [0.15, 0.2) is 11.4 Å². The Morgan fingerprint density at radius 3 is 2.79 bits per heavy atom. The minimum absolute atomic E-state index is 0.00988. The lowest BCUT2D eigenvalue weighted by molar-refractivity contribution is -0.137. The maximum absolute atomic E-state index is 12.7. The van der Waals surface area contributed by atoms with E-state index in [0.29, 0.717) is 22.7 Å². The van der Waals surface area contributed by atoms with Gasteiger partial charge in [-0.3, -0.25) is 0 Å². The van der Waals surface area contributed by atoms with Gasteiger partial charge >= 0.3 is 6.18 Å². The summed E-state index contributed by atoms with van der Waals surface area (Å²) in [4.78, 5) is 4.31. The third-order valence-electron chi connectivity index (χ3n) is 3.41. The molecular weight excluding hydrogens is 319 g/mol. The Morgan fingerprint density at radius 2 is 2.04 bits per heavy atom. The van der Waals surface area contributed by atoms with Crippen molar-refractivity contribution in [3.05, 3.63) is 65.6 Å². The molecule has 24 heavy (non-hydrogen) atoms. The maximum atomic E-state index is 12.7. The van der Waals surface area contributed by atoms with Crippen molar-refractivity contribution in [3.63, 3.8) is 0 Å². The first-order valence-corrected chi connectivity index (χ1v) is 7.10. The molecule has 0 aliphatic rings. The molecule has 3 aromatic rings. The number of imidazole rings is 1. The Balaban J connectivity index is 1.82. The van der Waals surface area contributed by atoms with Gasteiger partial charge in [0, 0.05) is 12.4 Å². The number of rotatable bonds is 4. The van der Waals surface area contributed by atoms with E-state index < -0.39 is 11.7 Å².